The first-order valence-corrected chi connectivity index (χ1v) is 11.4. The van der Waals surface area contributed by atoms with E-state index in [0.717, 1.165) is 53.0 Å². The molecule has 2 aromatic carbocycles. The molecule has 4 aromatic rings. The summed E-state index contributed by atoms with van der Waals surface area (Å²) in [6.07, 6.45) is 6.96. The van der Waals surface area contributed by atoms with Gasteiger partial charge in [0.2, 0.25) is 0 Å². The molecule has 0 saturated carbocycles. The summed E-state index contributed by atoms with van der Waals surface area (Å²) in [6, 6.07) is 16.6. The number of nitrogens with zero attached hydrogens (tertiary/aromatic N) is 5. The molecule has 0 spiro atoms. The molecule has 4 heterocycles. The van der Waals surface area contributed by atoms with Crippen molar-refractivity contribution in [3.05, 3.63) is 72.2 Å². The van der Waals surface area contributed by atoms with Gasteiger partial charge in [0.25, 0.3) is 0 Å². The Bertz CT molecular complexity index is 1360. The first kappa shape index (κ1) is 19.8. The third-order valence-corrected chi connectivity index (χ3v) is 6.94. The van der Waals surface area contributed by atoms with Crippen LogP contribution in [0, 0.1) is 17.2 Å². The average Bonchev–Trinajstić information content (AvgIpc) is 3.59. The lowest BCUT2D eigenvalue weighted by molar-refractivity contribution is 0.523. The highest BCUT2D eigenvalue weighted by Gasteiger charge is 2.38. The molecule has 164 valence electrons. The molecule has 33 heavy (non-hydrogen) atoms. The van der Waals surface area contributed by atoms with Gasteiger partial charge in [-0.15, -0.1) is 0 Å². The van der Waals surface area contributed by atoms with Crippen LogP contribution in [0.2, 0.25) is 0 Å². The van der Waals surface area contributed by atoms with Crippen molar-refractivity contribution in [3.8, 4) is 17.2 Å². The largest absolute Gasteiger partial charge is 0.348 e. The molecular formula is C26H25N7. The summed E-state index contributed by atoms with van der Waals surface area (Å²) in [6.45, 7) is 3.05. The number of fused-ring (bicyclic) bond motifs is 2. The summed E-state index contributed by atoms with van der Waals surface area (Å²) < 4.78 is 0. The first-order chi connectivity index (χ1) is 16.2. The molecular weight excluding hydrogens is 410 g/mol. The van der Waals surface area contributed by atoms with Gasteiger partial charge in [0, 0.05) is 36.3 Å². The van der Waals surface area contributed by atoms with Gasteiger partial charge in [-0.1, -0.05) is 24.3 Å². The predicted octanol–water partition coefficient (Wildman–Crippen LogP) is 4.06. The second-order valence-corrected chi connectivity index (χ2v) is 8.92. The molecule has 7 heteroatoms. The Kier molecular flexibility index (Phi) is 4.74. The van der Waals surface area contributed by atoms with E-state index in [-0.39, 0.29) is 6.17 Å². The summed E-state index contributed by atoms with van der Waals surface area (Å²) in [5.74, 6) is 0.583. The monoisotopic (exact) mass is 435 g/mol. The second kappa shape index (κ2) is 7.91. The molecule has 0 radical (unpaired) electrons. The van der Waals surface area contributed by atoms with Crippen molar-refractivity contribution in [3.63, 3.8) is 0 Å². The van der Waals surface area contributed by atoms with E-state index < -0.39 is 0 Å². The van der Waals surface area contributed by atoms with Gasteiger partial charge in [0.15, 0.2) is 0 Å². The lowest BCUT2D eigenvalue weighted by Crippen LogP contribution is -2.37. The molecule has 0 aliphatic carbocycles. The smallest absolute Gasteiger partial charge is 0.128 e. The van der Waals surface area contributed by atoms with Gasteiger partial charge < -0.3 is 15.1 Å². The van der Waals surface area contributed by atoms with Crippen LogP contribution >= 0.6 is 0 Å². The number of rotatable bonds is 4. The Hall–Kier alpha value is -3.89. The van der Waals surface area contributed by atoms with E-state index >= 15 is 0 Å². The third kappa shape index (κ3) is 3.22. The predicted molar refractivity (Wildman–Crippen MR) is 130 cm³/mol. The van der Waals surface area contributed by atoms with E-state index in [9.17, 15) is 5.26 Å². The van der Waals surface area contributed by atoms with Crippen LogP contribution in [0.5, 0.6) is 0 Å². The zero-order valence-corrected chi connectivity index (χ0v) is 18.5. The molecule has 2 aliphatic heterocycles. The number of hydrogen-bond acceptors (Lipinski definition) is 6. The lowest BCUT2D eigenvalue weighted by atomic mass is 9.99. The van der Waals surface area contributed by atoms with Gasteiger partial charge in [-0.05, 0) is 49.2 Å². The van der Waals surface area contributed by atoms with Crippen LogP contribution in [-0.4, -0.2) is 41.9 Å². The highest BCUT2D eigenvalue weighted by Crippen LogP contribution is 2.50. The molecule has 6 rings (SSSR count). The van der Waals surface area contributed by atoms with Crippen LogP contribution in [0.25, 0.3) is 22.0 Å². The standard InChI is InChI=1S/C26H25N7/c1-32-25-22(21-5-3-2-4-19(21)11-27)14-29-15-24(25)33(16-17-8-9-28-12-17)26(32)18-6-7-23-20(10-18)13-30-31-23/h2-7,10,13-15,17,26,28H,8-9,12,16H2,1H3,(H,30,31). The van der Waals surface area contributed by atoms with Gasteiger partial charge in [0.1, 0.15) is 6.17 Å². The Labute approximate surface area is 192 Å². The van der Waals surface area contributed by atoms with Crippen LogP contribution < -0.4 is 15.1 Å². The molecule has 2 aromatic heterocycles. The number of aromatic amines is 1. The van der Waals surface area contributed by atoms with Crippen LogP contribution in [0.3, 0.4) is 0 Å². The van der Waals surface area contributed by atoms with Crippen LogP contribution in [0.1, 0.15) is 23.7 Å². The molecule has 2 unspecified atom stereocenters. The van der Waals surface area contributed by atoms with Crippen molar-refractivity contribution in [2.24, 2.45) is 5.92 Å². The van der Waals surface area contributed by atoms with E-state index in [1.54, 1.807) is 0 Å². The fraction of sp³-hybridized carbons (Fsp3) is 0.269. The van der Waals surface area contributed by atoms with E-state index in [1.807, 2.05) is 42.9 Å². The summed E-state index contributed by atoms with van der Waals surface area (Å²) in [7, 11) is 2.15. The second-order valence-electron chi connectivity index (χ2n) is 8.92. The summed E-state index contributed by atoms with van der Waals surface area (Å²) >= 11 is 0. The number of anilines is 2. The molecule has 7 nitrogen and oxygen atoms in total. The zero-order valence-electron chi connectivity index (χ0n) is 18.5. The normalized spacial score (nSPS) is 19.8. The molecule has 0 bridgehead atoms. The minimum atomic E-state index is 0.0390. The molecule has 2 atom stereocenters. The molecule has 0 amide bonds. The average molecular weight is 436 g/mol. The van der Waals surface area contributed by atoms with Crippen molar-refractivity contribution in [2.75, 3.05) is 36.5 Å². The highest BCUT2D eigenvalue weighted by molar-refractivity contribution is 5.93. The minimum Gasteiger partial charge on any atom is -0.348 e. The fourth-order valence-corrected chi connectivity index (χ4v) is 5.37. The van der Waals surface area contributed by atoms with Crippen molar-refractivity contribution in [1.82, 2.24) is 20.5 Å². The zero-order chi connectivity index (χ0) is 22.4. The number of nitriles is 1. The lowest BCUT2D eigenvalue weighted by Gasteiger charge is -2.33. The maximum atomic E-state index is 9.74. The molecule has 2 aliphatic rings. The van der Waals surface area contributed by atoms with Gasteiger partial charge in [-0.25, -0.2) is 0 Å². The minimum absolute atomic E-state index is 0.0390. The van der Waals surface area contributed by atoms with E-state index in [4.69, 9.17) is 0 Å². The Morgan fingerprint density at radius 1 is 1.12 bits per heavy atom. The van der Waals surface area contributed by atoms with Crippen LogP contribution in [0.15, 0.2) is 61.1 Å². The molecule has 1 saturated heterocycles. The number of aromatic nitrogens is 3. The number of hydrogen-bond donors (Lipinski definition) is 2. The Morgan fingerprint density at radius 3 is 2.88 bits per heavy atom. The van der Waals surface area contributed by atoms with Gasteiger partial charge in [-0.3, -0.25) is 10.1 Å². The Balaban J connectivity index is 1.51. The number of pyridine rings is 1. The first-order valence-electron chi connectivity index (χ1n) is 11.4. The number of H-pyrrole nitrogens is 1. The summed E-state index contributed by atoms with van der Waals surface area (Å²) in [4.78, 5) is 9.45. The maximum Gasteiger partial charge on any atom is 0.128 e. The van der Waals surface area contributed by atoms with Gasteiger partial charge in [0.05, 0.1) is 40.9 Å². The maximum absolute atomic E-state index is 9.74. The Morgan fingerprint density at radius 2 is 2.03 bits per heavy atom. The third-order valence-electron chi connectivity index (χ3n) is 6.94. The highest BCUT2D eigenvalue weighted by atomic mass is 15.4. The summed E-state index contributed by atoms with van der Waals surface area (Å²) in [5, 5.41) is 21.6. The number of nitrogens with one attached hydrogen (secondary N) is 2. The van der Waals surface area contributed by atoms with E-state index in [0.29, 0.717) is 11.5 Å². The topological polar surface area (TPSA) is 83.9 Å². The summed E-state index contributed by atoms with van der Waals surface area (Å²) in [5.41, 5.74) is 7.07. The SMILES string of the molecule is CN1c2c(-c3ccccc3C#N)cncc2N(CC2CCNC2)C1c1ccc2[nH]ncc2c1. The fourth-order valence-electron chi connectivity index (χ4n) is 5.37. The van der Waals surface area contributed by atoms with Gasteiger partial charge >= 0.3 is 0 Å². The van der Waals surface area contributed by atoms with Crippen molar-refractivity contribution in [1.29, 1.82) is 5.26 Å². The number of benzene rings is 2. The van der Waals surface area contributed by atoms with Crippen molar-refractivity contribution in [2.45, 2.75) is 12.6 Å². The quantitative estimate of drug-likeness (QED) is 0.503. The van der Waals surface area contributed by atoms with Crippen molar-refractivity contribution >= 4 is 22.3 Å². The van der Waals surface area contributed by atoms with Gasteiger partial charge in [-0.2, -0.15) is 10.4 Å². The van der Waals surface area contributed by atoms with Crippen LogP contribution in [-0.2, 0) is 0 Å². The van der Waals surface area contributed by atoms with Crippen LogP contribution in [0.4, 0.5) is 11.4 Å². The molecule has 1 fully saturated rings. The van der Waals surface area contributed by atoms with E-state index in [1.165, 1.54) is 12.0 Å². The molecule has 2 N–H and O–H groups in total. The van der Waals surface area contributed by atoms with E-state index in [2.05, 4.69) is 61.6 Å². The van der Waals surface area contributed by atoms with Crippen molar-refractivity contribution < 1.29 is 0 Å².